The Balaban J connectivity index is 1.69. The highest BCUT2D eigenvalue weighted by molar-refractivity contribution is 7.11. The maximum Gasteiger partial charge on any atom is 0.191 e. The fraction of sp³-hybridized carbons (Fsp3) is 0.500. The lowest BCUT2D eigenvalue weighted by Gasteiger charge is -2.35. The number of hydrogen-bond acceptors (Lipinski definition) is 5. The molecule has 0 bridgehead atoms. The molecule has 1 aliphatic rings. The first kappa shape index (κ1) is 20.7. The summed E-state index contributed by atoms with van der Waals surface area (Å²) in [5.41, 5.74) is 1.09. The number of aryl methyl sites for hydroxylation is 1. The van der Waals surface area contributed by atoms with E-state index in [-0.39, 0.29) is 11.9 Å². The van der Waals surface area contributed by atoms with E-state index < -0.39 is 0 Å². The predicted octanol–water partition coefficient (Wildman–Crippen LogP) is 2.72. The molecule has 8 heteroatoms. The highest BCUT2D eigenvalue weighted by Crippen LogP contribution is 2.21. The molecule has 1 aliphatic heterocycles. The van der Waals surface area contributed by atoms with Gasteiger partial charge < -0.3 is 15.4 Å². The van der Waals surface area contributed by atoms with Gasteiger partial charge in [0.05, 0.1) is 30.8 Å². The van der Waals surface area contributed by atoms with Crippen LogP contribution in [-0.4, -0.2) is 55.2 Å². The second kappa shape index (κ2) is 10.5. The summed E-state index contributed by atoms with van der Waals surface area (Å²) in [7, 11) is 0. The van der Waals surface area contributed by atoms with Gasteiger partial charge in [-0.05, 0) is 31.5 Å². The second-order valence-corrected chi connectivity index (χ2v) is 7.96. The highest BCUT2D eigenvalue weighted by Gasteiger charge is 2.23. The Labute approximate surface area is 169 Å². The van der Waals surface area contributed by atoms with Gasteiger partial charge in [-0.2, -0.15) is 0 Å². The van der Waals surface area contributed by atoms with E-state index in [0.29, 0.717) is 13.1 Å². The Bertz CT molecular complexity index is 758. The van der Waals surface area contributed by atoms with Gasteiger partial charge in [0.15, 0.2) is 5.96 Å². The van der Waals surface area contributed by atoms with Gasteiger partial charge in [-0.15, -0.1) is 11.3 Å². The summed E-state index contributed by atoms with van der Waals surface area (Å²) in [5.74, 6) is 0.557. The van der Waals surface area contributed by atoms with Crippen molar-refractivity contribution in [2.24, 2.45) is 4.99 Å². The summed E-state index contributed by atoms with van der Waals surface area (Å²) < 4.78 is 18.9. The van der Waals surface area contributed by atoms with Crippen LogP contribution in [0.15, 0.2) is 35.5 Å². The summed E-state index contributed by atoms with van der Waals surface area (Å²) in [6.07, 6.45) is 1.88. The van der Waals surface area contributed by atoms with Crippen LogP contribution in [0.25, 0.3) is 0 Å². The zero-order chi connectivity index (χ0) is 19.8. The largest absolute Gasteiger partial charge is 0.379 e. The molecule has 6 nitrogen and oxygen atoms in total. The number of ether oxygens (including phenoxy) is 1. The fourth-order valence-corrected chi connectivity index (χ4v) is 3.92. The first-order valence-corrected chi connectivity index (χ1v) is 10.5. The molecule has 1 unspecified atom stereocenters. The molecule has 0 spiro atoms. The van der Waals surface area contributed by atoms with E-state index in [0.717, 1.165) is 54.3 Å². The van der Waals surface area contributed by atoms with Crippen LogP contribution in [0.1, 0.15) is 28.4 Å². The first-order valence-electron chi connectivity index (χ1n) is 9.66. The van der Waals surface area contributed by atoms with Crippen LogP contribution in [0.3, 0.4) is 0 Å². The van der Waals surface area contributed by atoms with Crippen LogP contribution in [0.5, 0.6) is 0 Å². The molecular formula is C20H28FN5OS. The van der Waals surface area contributed by atoms with Crippen LogP contribution < -0.4 is 10.6 Å². The Hall–Kier alpha value is -2.03. The normalized spacial score (nSPS) is 16.8. The third-order valence-corrected chi connectivity index (χ3v) is 5.51. The maximum atomic E-state index is 13.4. The van der Waals surface area contributed by atoms with Crippen molar-refractivity contribution < 1.29 is 9.13 Å². The lowest BCUT2D eigenvalue weighted by atomic mass is 10.0. The summed E-state index contributed by atoms with van der Waals surface area (Å²) in [4.78, 5) is 12.5. The average molecular weight is 406 g/mol. The standard InChI is InChI=1S/C20H28FN5OS/c1-3-22-20(24-13-18-12-23-15(2)28-18)25-14-19(26-8-10-27-11-9-26)16-4-6-17(21)7-5-16/h4-7,12,19H,3,8-11,13-14H2,1-2H3,(H2,22,24,25). The summed E-state index contributed by atoms with van der Waals surface area (Å²) >= 11 is 1.66. The van der Waals surface area contributed by atoms with Crippen molar-refractivity contribution >= 4 is 17.3 Å². The molecule has 2 aromatic rings. The van der Waals surface area contributed by atoms with Crippen LogP contribution in [0.4, 0.5) is 4.39 Å². The lowest BCUT2D eigenvalue weighted by molar-refractivity contribution is 0.0170. The van der Waals surface area contributed by atoms with E-state index in [4.69, 9.17) is 4.74 Å². The molecular weight excluding hydrogens is 377 g/mol. The number of rotatable bonds is 7. The van der Waals surface area contributed by atoms with Crippen LogP contribution in [-0.2, 0) is 11.3 Å². The molecule has 0 amide bonds. The van der Waals surface area contributed by atoms with Crippen molar-refractivity contribution in [2.75, 3.05) is 39.4 Å². The molecule has 1 fully saturated rings. The molecule has 28 heavy (non-hydrogen) atoms. The molecule has 2 N–H and O–H groups in total. The fourth-order valence-electron chi connectivity index (χ4n) is 3.20. The topological polar surface area (TPSA) is 61.8 Å². The molecule has 0 radical (unpaired) electrons. The van der Waals surface area contributed by atoms with Gasteiger partial charge in [-0.1, -0.05) is 12.1 Å². The van der Waals surface area contributed by atoms with E-state index in [1.807, 2.05) is 32.2 Å². The van der Waals surface area contributed by atoms with Gasteiger partial charge >= 0.3 is 0 Å². The zero-order valence-electron chi connectivity index (χ0n) is 16.4. The SMILES string of the molecule is CCNC(=NCc1cnc(C)s1)NCC(c1ccc(F)cc1)N1CCOCC1. The molecule has 1 atom stereocenters. The highest BCUT2D eigenvalue weighted by atomic mass is 32.1. The van der Waals surface area contributed by atoms with Gasteiger partial charge in [0.25, 0.3) is 0 Å². The minimum absolute atomic E-state index is 0.124. The first-order chi connectivity index (χ1) is 13.7. The van der Waals surface area contributed by atoms with Crippen LogP contribution >= 0.6 is 11.3 Å². The number of benzene rings is 1. The van der Waals surface area contributed by atoms with Gasteiger partial charge in [-0.25, -0.2) is 14.4 Å². The van der Waals surface area contributed by atoms with Gasteiger partial charge in [-0.3, -0.25) is 4.90 Å². The molecule has 1 saturated heterocycles. The second-order valence-electron chi connectivity index (χ2n) is 6.64. The third-order valence-electron chi connectivity index (χ3n) is 4.61. The van der Waals surface area contributed by atoms with E-state index >= 15 is 0 Å². The smallest absolute Gasteiger partial charge is 0.191 e. The maximum absolute atomic E-state index is 13.4. The molecule has 0 aliphatic carbocycles. The molecule has 152 valence electrons. The van der Waals surface area contributed by atoms with Crippen molar-refractivity contribution in [2.45, 2.75) is 26.4 Å². The predicted molar refractivity (Wildman–Crippen MR) is 111 cm³/mol. The van der Waals surface area contributed by atoms with Crippen molar-refractivity contribution in [3.63, 3.8) is 0 Å². The quantitative estimate of drug-likeness (QED) is 0.548. The number of hydrogen-bond donors (Lipinski definition) is 2. The molecule has 0 saturated carbocycles. The van der Waals surface area contributed by atoms with E-state index in [1.54, 1.807) is 11.3 Å². The van der Waals surface area contributed by atoms with Gasteiger partial charge in [0.1, 0.15) is 5.82 Å². The van der Waals surface area contributed by atoms with Crippen LogP contribution in [0.2, 0.25) is 0 Å². The van der Waals surface area contributed by atoms with Crippen molar-refractivity contribution in [3.05, 3.63) is 51.7 Å². The number of nitrogens with one attached hydrogen (secondary N) is 2. The number of aliphatic imine (C=N–C) groups is 1. The summed E-state index contributed by atoms with van der Waals surface area (Å²) in [6.45, 7) is 9.26. The Morgan fingerprint density at radius 1 is 1.29 bits per heavy atom. The monoisotopic (exact) mass is 405 g/mol. The van der Waals surface area contributed by atoms with Gasteiger partial charge in [0, 0.05) is 37.3 Å². The van der Waals surface area contributed by atoms with E-state index in [9.17, 15) is 4.39 Å². The number of halogens is 1. The van der Waals surface area contributed by atoms with Crippen molar-refractivity contribution in [1.82, 2.24) is 20.5 Å². The molecule has 3 rings (SSSR count). The Morgan fingerprint density at radius 2 is 2.04 bits per heavy atom. The minimum atomic E-state index is -0.216. The molecule has 1 aromatic heterocycles. The number of nitrogens with zero attached hydrogens (tertiary/aromatic N) is 3. The summed E-state index contributed by atoms with van der Waals surface area (Å²) in [6, 6.07) is 6.89. The minimum Gasteiger partial charge on any atom is -0.379 e. The number of aromatic nitrogens is 1. The third kappa shape index (κ3) is 5.98. The Kier molecular flexibility index (Phi) is 7.76. The van der Waals surface area contributed by atoms with Gasteiger partial charge in [0.2, 0.25) is 0 Å². The number of guanidine groups is 1. The number of morpholine rings is 1. The van der Waals surface area contributed by atoms with E-state index in [2.05, 4.69) is 25.5 Å². The number of thiazole rings is 1. The van der Waals surface area contributed by atoms with Crippen LogP contribution in [0, 0.1) is 12.7 Å². The average Bonchev–Trinajstić information content (AvgIpc) is 3.13. The van der Waals surface area contributed by atoms with Crippen molar-refractivity contribution in [1.29, 1.82) is 0 Å². The lowest BCUT2D eigenvalue weighted by Crippen LogP contribution is -2.46. The summed E-state index contributed by atoms with van der Waals surface area (Å²) in [5, 5.41) is 7.80. The molecule has 1 aromatic carbocycles. The van der Waals surface area contributed by atoms with Crippen molar-refractivity contribution in [3.8, 4) is 0 Å². The molecule has 2 heterocycles. The van der Waals surface area contributed by atoms with E-state index in [1.165, 1.54) is 12.1 Å². The Morgan fingerprint density at radius 3 is 2.68 bits per heavy atom. The zero-order valence-corrected chi connectivity index (χ0v) is 17.3.